The van der Waals surface area contributed by atoms with Crippen LogP contribution in [0, 0.1) is 0 Å². The van der Waals surface area contributed by atoms with Gasteiger partial charge >= 0.3 is 11.9 Å². The number of likely N-dealkylation sites (tertiary alicyclic amines) is 1. The van der Waals surface area contributed by atoms with Gasteiger partial charge in [-0.1, -0.05) is 0 Å². The summed E-state index contributed by atoms with van der Waals surface area (Å²) in [6, 6.07) is 0. The van der Waals surface area contributed by atoms with E-state index in [1.165, 1.54) is 0 Å². The first-order chi connectivity index (χ1) is 7.20. The Morgan fingerprint density at radius 1 is 1.33 bits per heavy atom. The first kappa shape index (κ1) is 10.4. The SMILES string of the molecule is CCOC(=O)C(=O)N1CC2CCC(C1)O2. The van der Waals surface area contributed by atoms with Crippen molar-refractivity contribution in [3.05, 3.63) is 0 Å². The van der Waals surface area contributed by atoms with Gasteiger partial charge in [-0.15, -0.1) is 0 Å². The van der Waals surface area contributed by atoms with Crippen LogP contribution >= 0.6 is 0 Å². The zero-order chi connectivity index (χ0) is 10.8. The monoisotopic (exact) mass is 213 g/mol. The molecule has 0 aromatic carbocycles. The summed E-state index contributed by atoms with van der Waals surface area (Å²) in [5.74, 6) is -1.28. The van der Waals surface area contributed by atoms with Gasteiger partial charge in [0, 0.05) is 13.1 Å². The molecule has 0 aromatic heterocycles. The summed E-state index contributed by atoms with van der Waals surface area (Å²) >= 11 is 0. The predicted molar refractivity (Wildman–Crippen MR) is 51.1 cm³/mol. The van der Waals surface area contributed by atoms with Crippen molar-refractivity contribution in [3.63, 3.8) is 0 Å². The molecule has 15 heavy (non-hydrogen) atoms. The molecule has 84 valence electrons. The maximum atomic E-state index is 11.6. The Balaban J connectivity index is 1.93. The molecule has 0 radical (unpaired) electrons. The molecule has 0 saturated carbocycles. The van der Waals surface area contributed by atoms with Gasteiger partial charge in [0.15, 0.2) is 0 Å². The van der Waals surface area contributed by atoms with Gasteiger partial charge in [0.2, 0.25) is 0 Å². The molecule has 5 nitrogen and oxygen atoms in total. The molecule has 2 aliphatic heterocycles. The zero-order valence-corrected chi connectivity index (χ0v) is 8.77. The van der Waals surface area contributed by atoms with Crippen molar-refractivity contribution in [1.29, 1.82) is 0 Å². The largest absolute Gasteiger partial charge is 0.459 e. The quantitative estimate of drug-likeness (QED) is 0.452. The Hall–Kier alpha value is -1.10. The highest BCUT2D eigenvalue weighted by Gasteiger charge is 2.37. The molecular formula is C10H15NO4. The molecule has 0 spiro atoms. The molecule has 0 aliphatic carbocycles. The molecular weight excluding hydrogens is 198 g/mol. The smallest absolute Gasteiger partial charge is 0.397 e. The molecule has 2 aliphatic rings. The minimum atomic E-state index is -0.751. The van der Waals surface area contributed by atoms with Crippen molar-refractivity contribution in [2.24, 2.45) is 0 Å². The van der Waals surface area contributed by atoms with Gasteiger partial charge in [-0.05, 0) is 19.8 Å². The van der Waals surface area contributed by atoms with Crippen molar-refractivity contribution in [2.45, 2.75) is 32.0 Å². The van der Waals surface area contributed by atoms with Gasteiger partial charge in [0.25, 0.3) is 0 Å². The standard InChI is InChI=1S/C10H15NO4/c1-2-14-10(13)9(12)11-5-7-3-4-8(6-11)15-7/h7-8H,2-6H2,1H3. The number of amides is 1. The molecule has 0 N–H and O–H groups in total. The van der Waals surface area contributed by atoms with E-state index >= 15 is 0 Å². The highest BCUT2D eigenvalue weighted by atomic mass is 16.5. The summed E-state index contributed by atoms with van der Waals surface area (Å²) in [7, 11) is 0. The molecule has 2 heterocycles. The maximum absolute atomic E-state index is 11.6. The first-order valence-corrected chi connectivity index (χ1v) is 5.32. The summed E-state index contributed by atoms with van der Waals surface area (Å²) in [6.07, 6.45) is 2.19. The number of fused-ring (bicyclic) bond motifs is 2. The lowest BCUT2D eigenvalue weighted by molar-refractivity contribution is -0.163. The van der Waals surface area contributed by atoms with Gasteiger partial charge in [-0.25, -0.2) is 4.79 Å². The van der Waals surface area contributed by atoms with Gasteiger partial charge in [0.1, 0.15) is 0 Å². The summed E-state index contributed by atoms with van der Waals surface area (Å²) < 4.78 is 10.2. The third kappa shape index (κ3) is 2.12. The summed E-state index contributed by atoms with van der Waals surface area (Å²) in [4.78, 5) is 24.4. The molecule has 2 saturated heterocycles. The van der Waals surface area contributed by atoms with Crippen molar-refractivity contribution < 1.29 is 19.1 Å². The Bertz CT molecular complexity index is 267. The highest BCUT2D eigenvalue weighted by Crippen LogP contribution is 2.26. The maximum Gasteiger partial charge on any atom is 0.397 e. The van der Waals surface area contributed by atoms with E-state index in [1.807, 2.05) is 0 Å². The fourth-order valence-electron chi connectivity index (χ4n) is 2.10. The molecule has 2 fully saturated rings. The van der Waals surface area contributed by atoms with E-state index in [9.17, 15) is 9.59 Å². The lowest BCUT2D eigenvalue weighted by atomic mass is 10.2. The number of morpholine rings is 1. The number of carbonyl (C=O) groups is 2. The van der Waals surface area contributed by atoms with E-state index in [-0.39, 0.29) is 18.8 Å². The van der Waals surface area contributed by atoms with Crippen molar-refractivity contribution in [1.82, 2.24) is 4.90 Å². The Kier molecular flexibility index (Phi) is 2.90. The number of hydrogen-bond acceptors (Lipinski definition) is 4. The fraction of sp³-hybridized carbons (Fsp3) is 0.800. The van der Waals surface area contributed by atoms with E-state index in [2.05, 4.69) is 4.74 Å². The summed E-state index contributed by atoms with van der Waals surface area (Å²) in [6.45, 7) is 2.97. The number of esters is 1. The number of nitrogens with zero attached hydrogens (tertiary/aromatic N) is 1. The van der Waals surface area contributed by atoms with E-state index in [0.717, 1.165) is 12.8 Å². The van der Waals surface area contributed by atoms with Crippen LogP contribution in [0.2, 0.25) is 0 Å². The molecule has 5 heteroatoms. The highest BCUT2D eigenvalue weighted by molar-refractivity contribution is 6.32. The Labute approximate surface area is 88.3 Å². The Morgan fingerprint density at radius 3 is 2.47 bits per heavy atom. The molecule has 1 amide bonds. The van der Waals surface area contributed by atoms with Gasteiger partial charge < -0.3 is 14.4 Å². The van der Waals surface area contributed by atoms with Crippen LogP contribution in [-0.4, -0.2) is 48.7 Å². The molecule has 2 unspecified atom stereocenters. The van der Waals surface area contributed by atoms with E-state index in [0.29, 0.717) is 13.1 Å². The van der Waals surface area contributed by atoms with Crippen LogP contribution in [0.5, 0.6) is 0 Å². The minimum absolute atomic E-state index is 0.113. The average molecular weight is 213 g/mol. The molecule has 0 aromatic rings. The van der Waals surface area contributed by atoms with Gasteiger partial charge in [0.05, 0.1) is 18.8 Å². The van der Waals surface area contributed by atoms with Crippen molar-refractivity contribution in [2.75, 3.05) is 19.7 Å². The zero-order valence-electron chi connectivity index (χ0n) is 8.77. The lowest BCUT2D eigenvalue weighted by Crippen LogP contribution is -2.48. The number of carbonyl (C=O) groups excluding carboxylic acids is 2. The van der Waals surface area contributed by atoms with Crippen LogP contribution in [-0.2, 0) is 19.1 Å². The first-order valence-electron chi connectivity index (χ1n) is 5.32. The molecule has 2 rings (SSSR count). The normalized spacial score (nSPS) is 29.0. The number of ether oxygens (including phenoxy) is 2. The second kappa shape index (κ2) is 4.18. The minimum Gasteiger partial charge on any atom is -0.459 e. The average Bonchev–Trinajstić information content (AvgIpc) is 2.57. The lowest BCUT2D eigenvalue weighted by Gasteiger charge is -2.31. The predicted octanol–water partition coefficient (Wildman–Crippen LogP) is -0.0607. The van der Waals surface area contributed by atoms with Crippen LogP contribution in [0.4, 0.5) is 0 Å². The van der Waals surface area contributed by atoms with Gasteiger partial charge in [-0.2, -0.15) is 0 Å². The topological polar surface area (TPSA) is 55.8 Å². The van der Waals surface area contributed by atoms with Crippen molar-refractivity contribution >= 4 is 11.9 Å². The summed E-state index contributed by atoms with van der Waals surface area (Å²) in [5, 5.41) is 0. The Morgan fingerprint density at radius 2 is 1.93 bits per heavy atom. The number of rotatable bonds is 1. The van der Waals surface area contributed by atoms with E-state index in [4.69, 9.17) is 4.74 Å². The fourth-order valence-corrected chi connectivity index (χ4v) is 2.10. The molecule has 2 atom stereocenters. The third-order valence-electron chi connectivity index (χ3n) is 2.78. The van der Waals surface area contributed by atoms with Crippen LogP contribution in [0.15, 0.2) is 0 Å². The van der Waals surface area contributed by atoms with Crippen molar-refractivity contribution in [3.8, 4) is 0 Å². The van der Waals surface area contributed by atoms with Crippen LogP contribution < -0.4 is 0 Å². The van der Waals surface area contributed by atoms with Crippen LogP contribution in [0.3, 0.4) is 0 Å². The second-order valence-electron chi connectivity index (χ2n) is 3.89. The van der Waals surface area contributed by atoms with Gasteiger partial charge in [-0.3, -0.25) is 4.79 Å². The third-order valence-corrected chi connectivity index (χ3v) is 2.78. The van der Waals surface area contributed by atoms with Crippen LogP contribution in [0.25, 0.3) is 0 Å². The summed E-state index contributed by atoms with van der Waals surface area (Å²) in [5.41, 5.74) is 0. The molecule has 2 bridgehead atoms. The van der Waals surface area contributed by atoms with E-state index in [1.54, 1.807) is 11.8 Å². The van der Waals surface area contributed by atoms with Crippen LogP contribution in [0.1, 0.15) is 19.8 Å². The second-order valence-corrected chi connectivity index (χ2v) is 3.89. The van der Waals surface area contributed by atoms with E-state index < -0.39 is 11.9 Å². The number of hydrogen-bond donors (Lipinski definition) is 0.